The minimum absolute atomic E-state index is 0.0712. The Morgan fingerprint density at radius 3 is 2.52 bits per heavy atom. The van der Waals surface area contributed by atoms with Crippen molar-refractivity contribution in [2.45, 2.75) is 13.5 Å². The number of halogens is 1. The van der Waals surface area contributed by atoms with E-state index in [2.05, 4.69) is 5.32 Å². The summed E-state index contributed by atoms with van der Waals surface area (Å²) in [6, 6.07) is 14.3. The number of benzene rings is 2. The zero-order chi connectivity index (χ0) is 15.2. The summed E-state index contributed by atoms with van der Waals surface area (Å²) in [5, 5.41) is 2.89. The SMILES string of the molecule is Cc1ccccc1NC(=O)C[NH+](C)Cc1ccccc1F. The normalized spacial score (nSPS) is 12.0. The number of hydrogen-bond donors (Lipinski definition) is 2. The van der Waals surface area contributed by atoms with Crippen LogP contribution in [0, 0.1) is 12.7 Å². The Labute approximate surface area is 124 Å². The van der Waals surface area contributed by atoms with Gasteiger partial charge in [0, 0.05) is 11.3 Å². The van der Waals surface area contributed by atoms with Crippen molar-refractivity contribution in [2.75, 3.05) is 18.9 Å². The Morgan fingerprint density at radius 2 is 1.81 bits per heavy atom. The van der Waals surface area contributed by atoms with E-state index in [0.717, 1.165) is 16.2 Å². The van der Waals surface area contributed by atoms with Crippen molar-refractivity contribution < 1.29 is 14.1 Å². The van der Waals surface area contributed by atoms with Crippen LogP contribution in [-0.2, 0) is 11.3 Å². The Kier molecular flexibility index (Phi) is 5.06. The highest BCUT2D eigenvalue weighted by Gasteiger charge is 2.13. The maximum Gasteiger partial charge on any atom is 0.279 e. The van der Waals surface area contributed by atoms with Gasteiger partial charge in [-0.3, -0.25) is 4.79 Å². The fourth-order valence-corrected chi connectivity index (χ4v) is 2.21. The minimum Gasteiger partial charge on any atom is -0.326 e. The van der Waals surface area contributed by atoms with Gasteiger partial charge < -0.3 is 10.2 Å². The van der Waals surface area contributed by atoms with E-state index >= 15 is 0 Å². The molecule has 0 aromatic heterocycles. The molecule has 110 valence electrons. The van der Waals surface area contributed by atoms with Crippen molar-refractivity contribution >= 4 is 11.6 Å². The summed E-state index contributed by atoms with van der Waals surface area (Å²) in [7, 11) is 1.88. The number of quaternary nitrogens is 1. The van der Waals surface area contributed by atoms with Gasteiger partial charge in [0.25, 0.3) is 5.91 Å². The minimum atomic E-state index is -0.226. The summed E-state index contributed by atoms with van der Waals surface area (Å²) < 4.78 is 13.6. The first-order valence-electron chi connectivity index (χ1n) is 6.96. The molecular formula is C17H20FN2O+. The Hall–Kier alpha value is -2.20. The zero-order valence-electron chi connectivity index (χ0n) is 12.3. The third-order valence-electron chi connectivity index (χ3n) is 3.33. The summed E-state index contributed by atoms with van der Waals surface area (Å²) in [4.78, 5) is 13.0. The highest BCUT2D eigenvalue weighted by molar-refractivity contribution is 5.92. The van der Waals surface area contributed by atoms with Gasteiger partial charge in [-0.1, -0.05) is 36.4 Å². The Morgan fingerprint density at radius 1 is 1.14 bits per heavy atom. The molecule has 0 aliphatic carbocycles. The maximum absolute atomic E-state index is 13.6. The highest BCUT2D eigenvalue weighted by atomic mass is 19.1. The lowest BCUT2D eigenvalue weighted by atomic mass is 10.2. The summed E-state index contributed by atoms with van der Waals surface area (Å²) in [5.74, 6) is -0.297. The summed E-state index contributed by atoms with van der Waals surface area (Å²) in [6.07, 6.45) is 0. The van der Waals surface area contributed by atoms with Crippen molar-refractivity contribution in [1.82, 2.24) is 0 Å². The third kappa shape index (κ3) is 4.39. The van der Waals surface area contributed by atoms with Crippen LogP contribution in [0.1, 0.15) is 11.1 Å². The van der Waals surface area contributed by atoms with E-state index < -0.39 is 0 Å². The molecule has 3 nitrogen and oxygen atoms in total. The lowest BCUT2D eigenvalue weighted by Crippen LogP contribution is -3.08. The largest absolute Gasteiger partial charge is 0.326 e. The molecule has 21 heavy (non-hydrogen) atoms. The molecule has 2 aromatic rings. The van der Waals surface area contributed by atoms with E-state index in [1.54, 1.807) is 18.2 Å². The molecule has 1 unspecified atom stereocenters. The van der Waals surface area contributed by atoms with Gasteiger partial charge in [-0.2, -0.15) is 0 Å². The summed E-state index contributed by atoms with van der Waals surface area (Å²) >= 11 is 0. The van der Waals surface area contributed by atoms with Gasteiger partial charge in [-0.15, -0.1) is 0 Å². The van der Waals surface area contributed by atoms with E-state index in [1.165, 1.54) is 6.07 Å². The number of amides is 1. The molecule has 0 aliphatic heterocycles. The number of anilines is 1. The maximum atomic E-state index is 13.6. The van der Waals surface area contributed by atoms with Gasteiger partial charge >= 0.3 is 0 Å². The van der Waals surface area contributed by atoms with E-state index in [1.807, 2.05) is 38.2 Å². The second-order valence-corrected chi connectivity index (χ2v) is 5.27. The molecule has 0 radical (unpaired) electrons. The van der Waals surface area contributed by atoms with E-state index in [0.29, 0.717) is 18.7 Å². The van der Waals surface area contributed by atoms with Crippen molar-refractivity contribution in [2.24, 2.45) is 0 Å². The van der Waals surface area contributed by atoms with Crippen molar-refractivity contribution in [3.63, 3.8) is 0 Å². The smallest absolute Gasteiger partial charge is 0.279 e. The third-order valence-corrected chi connectivity index (χ3v) is 3.33. The van der Waals surface area contributed by atoms with Crippen molar-refractivity contribution in [3.05, 3.63) is 65.5 Å². The standard InChI is InChI=1S/C17H19FN2O/c1-13-7-3-6-10-16(13)19-17(21)12-20(2)11-14-8-4-5-9-15(14)18/h3-10H,11-12H2,1-2H3,(H,19,21)/p+1. The number of rotatable bonds is 5. The monoisotopic (exact) mass is 287 g/mol. The van der Waals surface area contributed by atoms with Gasteiger partial charge in [0.2, 0.25) is 0 Å². The van der Waals surface area contributed by atoms with Gasteiger partial charge in [0.1, 0.15) is 12.4 Å². The number of hydrogen-bond acceptors (Lipinski definition) is 1. The van der Waals surface area contributed by atoms with Crippen LogP contribution < -0.4 is 10.2 Å². The second-order valence-electron chi connectivity index (χ2n) is 5.27. The fraction of sp³-hybridized carbons (Fsp3) is 0.235. The quantitative estimate of drug-likeness (QED) is 0.863. The topological polar surface area (TPSA) is 33.5 Å². The first-order valence-corrected chi connectivity index (χ1v) is 6.96. The molecular weight excluding hydrogens is 267 g/mol. The number of aryl methyl sites for hydroxylation is 1. The number of likely N-dealkylation sites (N-methyl/N-ethyl adjacent to an activating group) is 1. The average molecular weight is 287 g/mol. The van der Waals surface area contributed by atoms with Crippen LogP contribution in [0.15, 0.2) is 48.5 Å². The lowest BCUT2D eigenvalue weighted by Gasteiger charge is -2.15. The number of carbonyl (C=O) groups is 1. The van der Waals surface area contributed by atoms with Crippen LogP contribution >= 0.6 is 0 Å². The van der Waals surface area contributed by atoms with Crippen LogP contribution in [0.3, 0.4) is 0 Å². The van der Waals surface area contributed by atoms with Gasteiger partial charge in [0.15, 0.2) is 6.54 Å². The van der Waals surface area contributed by atoms with Crippen LogP contribution in [0.25, 0.3) is 0 Å². The van der Waals surface area contributed by atoms with Crippen LogP contribution in [0.2, 0.25) is 0 Å². The van der Waals surface area contributed by atoms with Gasteiger partial charge in [-0.25, -0.2) is 4.39 Å². The molecule has 0 heterocycles. The molecule has 0 saturated carbocycles. The molecule has 1 amide bonds. The second kappa shape index (κ2) is 6.99. The van der Waals surface area contributed by atoms with Crippen molar-refractivity contribution in [3.8, 4) is 0 Å². The Balaban J connectivity index is 1.91. The number of nitrogens with one attached hydrogen (secondary N) is 2. The Bertz CT molecular complexity index is 628. The lowest BCUT2D eigenvalue weighted by molar-refractivity contribution is -0.885. The molecule has 0 saturated heterocycles. The van der Waals surface area contributed by atoms with Crippen molar-refractivity contribution in [1.29, 1.82) is 0 Å². The summed E-state index contributed by atoms with van der Waals surface area (Å²) in [5.41, 5.74) is 2.47. The van der Waals surface area contributed by atoms with E-state index in [9.17, 15) is 9.18 Å². The molecule has 0 bridgehead atoms. The van der Waals surface area contributed by atoms with Gasteiger partial charge in [0.05, 0.1) is 7.05 Å². The molecule has 2 aromatic carbocycles. The van der Waals surface area contributed by atoms with E-state index in [-0.39, 0.29) is 11.7 Å². The molecule has 4 heteroatoms. The predicted octanol–water partition coefficient (Wildman–Crippen LogP) is 1.79. The molecule has 2 rings (SSSR count). The highest BCUT2D eigenvalue weighted by Crippen LogP contribution is 2.12. The molecule has 0 spiro atoms. The number of para-hydroxylation sites is 1. The van der Waals surface area contributed by atoms with E-state index in [4.69, 9.17) is 0 Å². The molecule has 1 atom stereocenters. The summed E-state index contributed by atoms with van der Waals surface area (Å²) in [6.45, 7) is 2.72. The van der Waals surface area contributed by atoms with Crippen LogP contribution in [0.4, 0.5) is 10.1 Å². The molecule has 0 aliphatic rings. The first-order chi connectivity index (χ1) is 10.1. The predicted molar refractivity (Wildman–Crippen MR) is 81.7 cm³/mol. The van der Waals surface area contributed by atoms with Crippen LogP contribution in [0.5, 0.6) is 0 Å². The zero-order valence-corrected chi connectivity index (χ0v) is 12.3. The molecule has 0 fully saturated rings. The van der Waals surface area contributed by atoms with Gasteiger partial charge in [-0.05, 0) is 24.6 Å². The fourth-order valence-electron chi connectivity index (χ4n) is 2.21. The first kappa shape index (κ1) is 15.2. The average Bonchev–Trinajstić information content (AvgIpc) is 2.44. The molecule has 2 N–H and O–H groups in total. The van der Waals surface area contributed by atoms with Crippen LogP contribution in [-0.4, -0.2) is 19.5 Å². The number of carbonyl (C=O) groups excluding carboxylic acids is 1.